The molecule has 1 fully saturated rings. The zero-order valence-electron chi connectivity index (χ0n) is 11.0. The minimum atomic E-state index is 0.0623. The molecule has 0 radical (unpaired) electrons. The normalized spacial score (nSPS) is 21.8. The summed E-state index contributed by atoms with van der Waals surface area (Å²) in [6, 6.07) is 4.02. The Kier molecular flexibility index (Phi) is 3.06. The number of phenols is 1. The van der Waals surface area contributed by atoms with Crippen molar-refractivity contribution in [1.29, 1.82) is 0 Å². The van der Waals surface area contributed by atoms with Gasteiger partial charge < -0.3 is 10.8 Å². The number of hydrogen-bond acceptors (Lipinski definition) is 2. The molecule has 0 aliphatic heterocycles. The van der Waals surface area contributed by atoms with Crippen LogP contribution in [0.15, 0.2) is 12.1 Å². The van der Waals surface area contributed by atoms with E-state index in [1.165, 1.54) is 48.8 Å². The monoisotopic (exact) mass is 245 g/mol. The lowest BCUT2D eigenvalue weighted by atomic mass is 9.73. The van der Waals surface area contributed by atoms with Crippen molar-refractivity contribution < 1.29 is 5.11 Å². The number of fused-ring (bicyclic) bond motifs is 1. The summed E-state index contributed by atoms with van der Waals surface area (Å²) < 4.78 is 0. The van der Waals surface area contributed by atoms with Crippen LogP contribution in [0.2, 0.25) is 0 Å². The van der Waals surface area contributed by atoms with Crippen LogP contribution in [-0.2, 0) is 18.3 Å². The first-order valence-corrected chi connectivity index (χ1v) is 7.31. The highest BCUT2D eigenvalue weighted by Gasteiger charge is 2.38. The minimum absolute atomic E-state index is 0.0623. The van der Waals surface area contributed by atoms with Crippen molar-refractivity contribution in [2.24, 2.45) is 5.73 Å². The molecule has 1 aromatic carbocycles. The molecule has 3 rings (SSSR count). The molecule has 1 aromatic rings. The smallest absolute Gasteiger partial charge is 0.119 e. The second-order valence-corrected chi connectivity index (χ2v) is 6.00. The molecule has 0 spiro atoms. The average molecular weight is 245 g/mol. The van der Waals surface area contributed by atoms with Crippen molar-refractivity contribution >= 4 is 0 Å². The Bertz CT molecular complexity index is 447. The van der Waals surface area contributed by atoms with Crippen molar-refractivity contribution in [2.45, 2.75) is 56.8 Å². The molecule has 2 nitrogen and oxygen atoms in total. The molecule has 18 heavy (non-hydrogen) atoms. The summed E-state index contributed by atoms with van der Waals surface area (Å²) in [4.78, 5) is 0. The quantitative estimate of drug-likeness (QED) is 0.841. The van der Waals surface area contributed by atoms with Crippen LogP contribution in [0.1, 0.15) is 55.2 Å². The third kappa shape index (κ3) is 1.74. The van der Waals surface area contributed by atoms with E-state index < -0.39 is 0 Å². The molecule has 0 aromatic heterocycles. The second kappa shape index (κ2) is 4.58. The van der Waals surface area contributed by atoms with E-state index in [2.05, 4.69) is 6.07 Å². The summed E-state index contributed by atoms with van der Waals surface area (Å²) in [5.41, 5.74) is 10.2. The van der Waals surface area contributed by atoms with Gasteiger partial charge in [-0.15, -0.1) is 0 Å². The van der Waals surface area contributed by atoms with E-state index in [9.17, 15) is 5.11 Å². The highest BCUT2D eigenvalue weighted by atomic mass is 16.3. The van der Waals surface area contributed by atoms with Crippen LogP contribution in [0.5, 0.6) is 5.75 Å². The Hall–Kier alpha value is -1.02. The molecular weight excluding hydrogens is 222 g/mol. The molecule has 0 unspecified atom stereocenters. The van der Waals surface area contributed by atoms with Gasteiger partial charge in [0.1, 0.15) is 5.75 Å². The molecule has 3 N–H and O–H groups in total. The lowest BCUT2D eigenvalue weighted by molar-refractivity contribution is 0.399. The van der Waals surface area contributed by atoms with E-state index in [4.69, 9.17) is 5.73 Å². The third-order valence-corrected chi connectivity index (χ3v) is 4.99. The first kappa shape index (κ1) is 12.0. The summed E-state index contributed by atoms with van der Waals surface area (Å²) in [6.07, 6.45) is 9.63. The van der Waals surface area contributed by atoms with Crippen LogP contribution in [0.4, 0.5) is 0 Å². The number of aromatic hydroxyl groups is 1. The van der Waals surface area contributed by atoms with Gasteiger partial charge >= 0.3 is 0 Å². The molecule has 0 saturated heterocycles. The van der Waals surface area contributed by atoms with Gasteiger partial charge in [-0.3, -0.25) is 0 Å². The van der Waals surface area contributed by atoms with Crippen LogP contribution >= 0.6 is 0 Å². The van der Waals surface area contributed by atoms with Gasteiger partial charge in [0, 0.05) is 17.5 Å². The molecule has 98 valence electrons. The Morgan fingerprint density at radius 1 is 1.06 bits per heavy atom. The first-order chi connectivity index (χ1) is 8.77. The Morgan fingerprint density at radius 3 is 2.50 bits per heavy atom. The van der Waals surface area contributed by atoms with E-state index in [-0.39, 0.29) is 5.41 Å². The third-order valence-electron chi connectivity index (χ3n) is 4.99. The Labute approximate surface area is 109 Å². The van der Waals surface area contributed by atoms with Gasteiger partial charge in [0.05, 0.1) is 0 Å². The van der Waals surface area contributed by atoms with Crippen molar-refractivity contribution in [2.75, 3.05) is 6.54 Å². The number of phenolic OH excluding ortho intramolecular Hbond substituents is 1. The van der Waals surface area contributed by atoms with Gasteiger partial charge in [0.15, 0.2) is 0 Å². The van der Waals surface area contributed by atoms with E-state index in [0.29, 0.717) is 12.3 Å². The van der Waals surface area contributed by atoms with Crippen molar-refractivity contribution in [3.63, 3.8) is 0 Å². The van der Waals surface area contributed by atoms with E-state index in [0.717, 1.165) is 19.3 Å². The van der Waals surface area contributed by atoms with E-state index in [1.54, 1.807) is 0 Å². The summed E-state index contributed by atoms with van der Waals surface area (Å²) in [5.74, 6) is 0.489. The van der Waals surface area contributed by atoms with Gasteiger partial charge in [-0.05, 0) is 55.7 Å². The van der Waals surface area contributed by atoms with Crippen LogP contribution in [0, 0.1) is 0 Å². The summed E-state index contributed by atoms with van der Waals surface area (Å²) in [7, 11) is 0. The average Bonchev–Trinajstić information content (AvgIpc) is 2.88. The van der Waals surface area contributed by atoms with Gasteiger partial charge in [-0.25, -0.2) is 0 Å². The molecular formula is C16H23NO. The highest BCUT2D eigenvalue weighted by Crippen LogP contribution is 2.47. The predicted octanol–water partition coefficient (Wildman–Crippen LogP) is 3.04. The molecule has 0 atom stereocenters. The summed E-state index contributed by atoms with van der Waals surface area (Å²) in [6.45, 7) is 0.678. The fraction of sp³-hybridized carbons (Fsp3) is 0.625. The van der Waals surface area contributed by atoms with Crippen molar-refractivity contribution in [3.8, 4) is 5.75 Å². The molecule has 0 heterocycles. The Balaban J connectivity index is 2.15. The van der Waals surface area contributed by atoms with Crippen LogP contribution in [-0.4, -0.2) is 11.7 Å². The number of rotatable bonds is 2. The van der Waals surface area contributed by atoms with Gasteiger partial charge in [-0.2, -0.15) is 0 Å². The number of aryl methyl sites for hydroxylation is 1. The van der Waals surface area contributed by atoms with Crippen LogP contribution in [0.25, 0.3) is 0 Å². The maximum atomic E-state index is 10.4. The predicted molar refractivity (Wildman–Crippen MR) is 73.9 cm³/mol. The zero-order valence-corrected chi connectivity index (χ0v) is 11.0. The molecule has 2 heteroatoms. The minimum Gasteiger partial charge on any atom is -0.508 e. The summed E-state index contributed by atoms with van der Waals surface area (Å²) in [5, 5.41) is 10.4. The van der Waals surface area contributed by atoms with Crippen LogP contribution in [0.3, 0.4) is 0 Å². The standard InChI is InChI=1S/C16H23NO/c17-11-16(9-3-4-10-16)15-13-6-2-1-5-12(13)7-8-14(15)18/h7-8,18H,1-6,9-11,17H2. The fourth-order valence-electron chi connectivity index (χ4n) is 4.02. The Morgan fingerprint density at radius 2 is 1.78 bits per heavy atom. The fourth-order valence-corrected chi connectivity index (χ4v) is 4.02. The lowest BCUT2D eigenvalue weighted by Gasteiger charge is -2.33. The van der Waals surface area contributed by atoms with E-state index >= 15 is 0 Å². The van der Waals surface area contributed by atoms with E-state index in [1.807, 2.05) is 6.07 Å². The second-order valence-electron chi connectivity index (χ2n) is 6.00. The molecule has 2 aliphatic carbocycles. The van der Waals surface area contributed by atoms with Gasteiger partial charge in [-0.1, -0.05) is 18.9 Å². The number of hydrogen-bond donors (Lipinski definition) is 2. The molecule has 0 bridgehead atoms. The molecule has 1 saturated carbocycles. The summed E-state index contributed by atoms with van der Waals surface area (Å²) >= 11 is 0. The molecule has 2 aliphatic rings. The SMILES string of the molecule is NCC1(c2c(O)ccc3c2CCCC3)CCCC1. The maximum Gasteiger partial charge on any atom is 0.119 e. The lowest BCUT2D eigenvalue weighted by Crippen LogP contribution is -2.34. The number of nitrogens with two attached hydrogens (primary N) is 1. The topological polar surface area (TPSA) is 46.2 Å². The first-order valence-electron chi connectivity index (χ1n) is 7.31. The highest BCUT2D eigenvalue weighted by molar-refractivity contribution is 5.50. The number of benzene rings is 1. The largest absolute Gasteiger partial charge is 0.508 e. The zero-order chi connectivity index (χ0) is 12.6. The van der Waals surface area contributed by atoms with Crippen molar-refractivity contribution in [1.82, 2.24) is 0 Å². The maximum absolute atomic E-state index is 10.4. The van der Waals surface area contributed by atoms with Gasteiger partial charge in [0.25, 0.3) is 0 Å². The van der Waals surface area contributed by atoms with Crippen molar-refractivity contribution in [3.05, 3.63) is 28.8 Å². The van der Waals surface area contributed by atoms with Gasteiger partial charge in [0.2, 0.25) is 0 Å². The molecule has 0 amide bonds. The van der Waals surface area contributed by atoms with Crippen LogP contribution < -0.4 is 5.73 Å².